The molecule has 1 heterocycles. The Hall–Kier alpha value is -1.69. The van der Waals surface area contributed by atoms with E-state index in [1.165, 1.54) is 4.88 Å². The van der Waals surface area contributed by atoms with Gasteiger partial charge in [-0.15, -0.1) is 11.3 Å². The second-order valence-electron chi connectivity index (χ2n) is 4.85. The highest BCUT2D eigenvalue weighted by Crippen LogP contribution is 2.16. The minimum Gasteiger partial charge on any atom is -0.376 e. The molecule has 0 aliphatic carbocycles. The van der Waals surface area contributed by atoms with E-state index < -0.39 is 0 Å². The maximum Gasteiger partial charge on any atom is 0.241 e. The van der Waals surface area contributed by atoms with Crippen molar-refractivity contribution in [2.24, 2.45) is 5.84 Å². The number of nitrogens with two attached hydrogens (primary N) is 1. The molecule has 1 amide bonds. The number of hydrogen-bond donors (Lipinski definition) is 2. The Morgan fingerprint density at radius 3 is 2.71 bits per heavy atom. The second-order valence-corrected chi connectivity index (χ2v) is 5.89. The van der Waals surface area contributed by atoms with Gasteiger partial charge in [0.1, 0.15) is 0 Å². The van der Waals surface area contributed by atoms with E-state index in [-0.39, 0.29) is 11.8 Å². The van der Waals surface area contributed by atoms with Crippen molar-refractivity contribution in [2.45, 2.75) is 25.9 Å². The first-order chi connectivity index (χ1) is 10.2. The number of thiophene rings is 1. The molecule has 1 atom stereocenters. The molecule has 4 nitrogen and oxygen atoms in total. The van der Waals surface area contributed by atoms with Crippen LogP contribution in [-0.4, -0.2) is 12.5 Å². The van der Waals surface area contributed by atoms with E-state index >= 15 is 0 Å². The van der Waals surface area contributed by atoms with Gasteiger partial charge in [-0.1, -0.05) is 30.3 Å². The number of hydrogen-bond acceptors (Lipinski definition) is 4. The molecule has 0 radical (unpaired) electrons. The summed E-state index contributed by atoms with van der Waals surface area (Å²) in [4.78, 5) is 12.8. The van der Waals surface area contributed by atoms with E-state index in [0.717, 1.165) is 17.5 Å². The minimum absolute atomic E-state index is 0.185. The fourth-order valence-corrected chi connectivity index (χ4v) is 2.69. The summed E-state index contributed by atoms with van der Waals surface area (Å²) in [5.41, 5.74) is 4.22. The smallest absolute Gasteiger partial charge is 0.241 e. The number of ether oxygens (including phenoxy) is 1. The van der Waals surface area contributed by atoms with Gasteiger partial charge in [0.25, 0.3) is 0 Å². The molecule has 0 bridgehead atoms. The van der Waals surface area contributed by atoms with Crippen molar-refractivity contribution in [3.05, 3.63) is 57.8 Å². The number of rotatable bonds is 7. The summed E-state index contributed by atoms with van der Waals surface area (Å²) in [7, 11) is 0. The highest BCUT2D eigenvalue weighted by molar-refractivity contribution is 7.09. The Morgan fingerprint density at radius 2 is 2.10 bits per heavy atom. The fourth-order valence-electron chi connectivity index (χ4n) is 2.00. The quantitative estimate of drug-likeness (QED) is 0.358. The first kappa shape index (κ1) is 15.7. The Bertz CT molecular complexity index is 552. The standard InChI is InChI=1S/C16H20N2O2S/c1-12(16(19)18-17)14-6-4-13(5-7-14)11-20-9-8-15-3-2-10-21-15/h2-7,10,12H,8-9,11,17H2,1H3,(H,18,19). The van der Waals surface area contributed by atoms with E-state index in [4.69, 9.17) is 10.6 Å². The number of amides is 1. The molecule has 112 valence electrons. The molecule has 0 spiro atoms. The zero-order chi connectivity index (χ0) is 15.1. The van der Waals surface area contributed by atoms with Crippen LogP contribution in [0.2, 0.25) is 0 Å². The van der Waals surface area contributed by atoms with Gasteiger partial charge in [0.15, 0.2) is 0 Å². The van der Waals surface area contributed by atoms with E-state index in [1.54, 1.807) is 11.3 Å². The molecule has 2 rings (SSSR count). The number of carbonyl (C=O) groups excluding carboxylic acids is 1. The molecule has 0 saturated carbocycles. The lowest BCUT2D eigenvalue weighted by atomic mass is 9.99. The van der Waals surface area contributed by atoms with E-state index in [0.29, 0.717) is 13.2 Å². The first-order valence-corrected chi connectivity index (χ1v) is 7.78. The molecule has 0 fully saturated rings. The summed E-state index contributed by atoms with van der Waals surface area (Å²) >= 11 is 1.75. The van der Waals surface area contributed by atoms with Crippen LogP contribution in [0.4, 0.5) is 0 Å². The topological polar surface area (TPSA) is 64.4 Å². The molecule has 0 aliphatic rings. The summed E-state index contributed by atoms with van der Waals surface area (Å²) in [5.74, 6) is 4.71. The van der Waals surface area contributed by atoms with Gasteiger partial charge in [0.05, 0.1) is 19.1 Å². The Balaban J connectivity index is 1.78. The van der Waals surface area contributed by atoms with Crippen molar-refractivity contribution < 1.29 is 9.53 Å². The normalized spacial score (nSPS) is 12.1. The average Bonchev–Trinajstić information content (AvgIpc) is 3.04. The molecule has 3 N–H and O–H groups in total. The van der Waals surface area contributed by atoms with Crippen molar-refractivity contribution in [3.8, 4) is 0 Å². The van der Waals surface area contributed by atoms with Crippen LogP contribution < -0.4 is 11.3 Å². The molecular formula is C16H20N2O2S. The zero-order valence-electron chi connectivity index (χ0n) is 12.0. The van der Waals surface area contributed by atoms with Gasteiger partial charge in [0.2, 0.25) is 5.91 Å². The molecule has 1 unspecified atom stereocenters. The molecule has 1 aromatic carbocycles. The Labute approximate surface area is 128 Å². The van der Waals surface area contributed by atoms with Crippen LogP contribution in [0, 0.1) is 0 Å². The predicted octanol–water partition coefficient (Wildman–Crippen LogP) is 2.60. The van der Waals surface area contributed by atoms with Crippen LogP contribution in [0.1, 0.15) is 28.8 Å². The number of benzene rings is 1. The monoisotopic (exact) mass is 304 g/mol. The molecule has 21 heavy (non-hydrogen) atoms. The van der Waals surface area contributed by atoms with Crippen molar-refractivity contribution in [1.82, 2.24) is 5.43 Å². The lowest BCUT2D eigenvalue weighted by molar-refractivity contribution is -0.122. The molecule has 5 heteroatoms. The molecular weight excluding hydrogens is 284 g/mol. The van der Waals surface area contributed by atoms with E-state index in [2.05, 4.69) is 22.9 Å². The molecule has 1 aromatic heterocycles. The molecule has 0 saturated heterocycles. The van der Waals surface area contributed by atoms with Gasteiger partial charge in [0, 0.05) is 11.3 Å². The predicted molar refractivity (Wildman–Crippen MR) is 84.9 cm³/mol. The van der Waals surface area contributed by atoms with Gasteiger partial charge in [-0.25, -0.2) is 5.84 Å². The summed E-state index contributed by atoms with van der Waals surface area (Å²) in [5, 5.41) is 2.08. The van der Waals surface area contributed by atoms with Gasteiger partial charge in [-0.3, -0.25) is 10.2 Å². The third-order valence-corrected chi connectivity index (χ3v) is 4.29. The SMILES string of the molecule is CC(C(=O)NN)c1ccc(COCCc2cccs2)cc1. The average molecular weight is 304 g/mol. The second kappa shape index (κ2) is 7.93. The van der Waals surface area contributed by atoms with Gasteiger partial charge in [-0.2, -0.15) is 0 Å². The lowest BCUT2D eigenvalue weighted by Gasteiger charge is -2.11. The van der Waals surface area contributed by atoms with Crippen LogP contribution in [0.15, 0.2) is 41.8 Å². The van der Waals surface area contributed by atoms with E-state index in [9.17, 15) is 4.79 Å². The van der Waals surface area contributed by atoms with Crippen molar-refractivity contribution in [2.75, 3.05) is 6.61 Å². The third-order valence-electron chi connectivity index (χ3n) is 3.36. The third kappa shape index (κ3) is 4.67. The van der Waals surface area contributed by atoms with Gasteiger partial charge >= 0.3 is 0 Å². The Morgan fingerprint density at radius 1 is 1.33 bits per heavy atom. The minimum atomic E-state index is -0.246. The Kier molecular flexibility index (Phi) is 5.92. The lowest BCUT2D eigenvalue weighted by Crippen LogP contribution is -2.33. The van der Waals surface area contributed by atoms with Crippen LogP contribution in [-0.2, 0) is 22.6 Å². The maximum atomic E-state index is 11.5. The van der Waals surface area contributed by atoms with Gasteiger partial charge < -0.3 is 4.74 Å². The van der Waals surface area contributed by atoms with Crippen molar-refractivity contribution >= 4 is 17.2 Å². The maximum absolute atomic E-state index is 11.5. The number of hydrazine groups is 1. The molecule has 2 aromatic rings. The highest BCUT2D eigenvalue weighted by atomic mass is 32.1. The van der Waals surface area contributed by atoms with Crippen LogP contribution >= 0.6 is 11.3 Å². The molecule has 0 aliphatic heterocycles. The fraction of sp³-hybridized carbons (Fsp3) is 0.312. The number of carbonyl (C=O) groups is 1. The summed E-state index contributed by atoms with van der Waals surface area (Å²) in [6.45, 7) is 3.13. The summed E-state index contributed by atoms with van der Waals surface area (Å²) in [6.07, 6.45) is 0.948. The summed E-state index contributed by atoms with van der Waals surface area (Å²) in [6, 6.07) is 12.0. The first-order valence-electron chi connectivity index (χ1n) is 6.90. The van der Waals surface area contributed by atoms with Crippen molar-refractivity contribution in [1.29, 1.82) is 0 Å². The largest absolute Gasteiger partial charge is 0.376 e. The zero-order valence-corrected chi connectivity index (χ0v) is 12.9. The van der Waals surface area contributed by atoms with Crippen LogP contribution in [0.5, 0.6) is 0 Å². The van der Waals surface area contributed by atoms with Crippen molar-refractivity contribution in [3.63, 3.8) is 0 Å². The van der Waals surface area contributed by atoms with E-state index in [1.807, 2.05) is 31.2 Å². The summed E-state index contributed by atoms with van der Waals surface area (Å²) < 4.78 is 5.67. The number of nitrogens with one attached hydrogen (secondary N) is 1. The van der Waals surface area contributed by atoms with Crippen LogP contribution in [0.3, 0.4) is 0 Å². The highest BCUT2D eigenvalue weighted by Gasteiger charge is 2.13. The van der Waals surface area contributed by atoms with Gasteiger partial charge in [-0.05, 0) is 29.5 Å². The van der Waals surface area contributed by atoms with Crippen LogP contribution in [0.25, 0.3) is 0 Å².